The number of aliphatic hydroxyl groups is 1. The molecule has 2 nitrogen and oxygen atoms in total. The van der Waals surface area contributed by atoms with Crippen LogP contribution in [-0.4, -0.2) is 36.2 Å². The van der Waals surface area contributed by atoms with Crippen molar-refractivity contribution in [2.45, 2.75) is 40.5 Å². The zero-order chi connectivity index (χ0) is 19.6. The first-order chi connectivity index (χ1) is 12.3. The van der Waals surface area contributed by atoms with Crippen LogP contribution in [0.15, 0.2) is 42.5 Å². The Balaban J connectivity index is 2.70. The normalized spacial score (nSPS) is 15.8. The van der Waals surface area contributed by atoms with Gasteiger partial charge in [0.1, 0.15) is 11.6 Å². The van der Waals surface area contributed by atoms with Gasteiger partial charge in [0, 0.05) is 18.7 Å². The summed E-state index contributed by atoms with van der Waals surface area (Å²) in [7, 11) is 0. The summed E-state index contributed by atoms with van der Waals surface area (Å²) in [6, 6.07) is 3.91. The fraction of sp³-hybridized carbons (Fsp3) is 0.545. The summed E-state index contributed by atoms with van der Waals surface area (Å²) in [6.07, 6.45) is 9.10. The molecule has 2 unspecified atom stereocenters. The number of benzene rings is 1. The molecule has 0 bridgehead atoms. The Labute approximate surface area is 157 Å². The molecule has 1 N–H and O–H groups in total. The highest BCUT2D eigenvalue weighted by molar-refractivity contribution is 5.21. The monoisotopic (exact) mass is 365 g/mol. The summed E-state index contributed by atoms with van der Waals surface area (Å²) in [5.74, 6) is -0.671. The Morgan fingerprint density at radius 3 is 2.42 bits per heavy atom. The lowest BCUT2D eigenvalue weighted by atomic mass is 9.81. The van der Waals surface area contributed by atoms with E-state index in [1.165, 1.54) is 18.2 Å². The van der Waals surface area contributed by atoms with E-state index in [2.05, 4.69) is 30.9 Å². The third-order valence-corrected chi connectivity index (χ3v) is 4.82. The van der Waals surface area contributed by atoms with E-state index in [1.807, 2.05) is 26.0 Å². The predicted octanol–water partition coefficient (Wildman–Crippen LogP) is 4.99. The molecule has 2 atom stereocenters. The van der Waals surface area contributed by atoms with Gasteiger partial charge in [0.2, 0.25) is 0 Å². The molecule has 146 valence electrons. The van der Waals surface area contributed by atoms with Gasteiger partial charge < -0.3 is 10.0 Å². The lowest BCUT2D eigenvalue weighted by molar-refractivity contribution is 0.111. The molecule has 0 spiro atoms. The standard InChI is InChI=1S/C22H33F2NO/c1-5-7-8-10-18(3)16-25(6-2)14-13-22(4,17-26)15-19-20(23)11-9-12-21(19)24/h5,7-12,18,26H,6,13-17H2,1-4H3/b7-5-,10-8-. The Bertz CT molecular complexity index is 580. The van der Waals surface area contributed by atoms with Crippen LogP contribution >= 0.6 is 0 Å². The predicted molar refractivity (Wildman–Crippen MR) is 105 cm³/mol. The van der Waals surface area contributed by atoms with Crippen molar-refractivity contribution < 1.29 is 13.9 Å². The molecular weight excluding hydrogens is 332 g/mol. The van der Waals surface area contributed by atoms with Crippen molar-refractivity contribution in [1.82, 2.24) is 4.90 Å². The van der Waals surface area contributed by atoms with Crippen LogP contribution in [0.2, 0.25) is 0 Å². The molecule has 0 aliphatic carbocycles. The van der Waals surface area contributed by atoms with Crippen LogP contribution < -0.4 is 0 Å². The molecule has 0 fully saturated rings. The van der Waals surface area contributed by atoms with Gasteiger partial charge in [-0.15, -0.1) is 0 Å². The minimum atomic E-state index is -0.555. The Kier molecular flexibility index (Phi) is 9.74. The number of rotatable bonds is 11. The summed E-state index contributed by atoms with van der Waals surface area (Å²) in [5.41, 5.74) is -0.490. The Morgan fingerprint density at radius 2 is 1.88 bits per heavy atom. The van der Waals surface area contributed by atoms with E-state index in [1.54, 1.807) is 0 Å². The molecule has 1 rings (SSSR count). The van der Waals surface area contributed by atoms with Gasteiger partial charge in [-0.25, -0.2) is 8.78 Å². The van der Waals surface area contributed by atoms with Gasteiger partial charge in [-0.05, 0) is 56.3 Å². The fourth-order valence-electron chi connectivity index (χ4n) is 2.99. The third kappa shape index (κ3) is 7.38. The minimum Gasteiger partial charge on any atom is -0.396 e. The van der Waals surface area contributed by atoms with Crippen molar-refractivity contribution in [3.63, 3.8) is 0 Å². The third-order valence-electron chi connectivity index (χ3n) is 4.82. The largest absolute Gasteiger partial charge is 0.396 e. The zero-order valence-electron chi connectivity index (χ0n) is 16.5. The van der Waals surface area contributed by atoms with E-state index in [4.69, 9.17) is 0 Å². The van der Waals surface area contributed by atoms with Gasteiger partial charge in [-0.2, -0.15) is 0 Å². The second-order valence-corrected chi connectivity index (χ2v) is 7.38. The quantitative estimate of drug-likeness (QED) is 0.559. The first kappa shape index (κ1) is 22.5. The first-order valence-corrected chi connectivity index (χ1v) is 9.40. The highest BCUT2D eigenvalue weighted by Gasteiger charge is 2.27. The van der Waals surface area contributed by atoms with Crippen LogP contribution in [-0.2, 0) is 6.42 Å². The van der Waals surface area contributed by atoms with E-state index in [0.29, 0.717) is 12.3 Å². The molecule has 0 heterocycles. The maximum atomic E-state index is 14.0. The van der Waals surface area contributed by atoms with Gasteiger partial charge >= 0.3 is 0 Å². The highest BCUT2D eigenvalue weighted by Crippen LogP contribution is 2.29. The molecule has 0 saturated carbocycles. The summed E-state index contributed by atoms with van der Waals surface area (Å²) < 4.78 is 27.9. The molecule has 4 heteroatoms. The van der Waals surface area contributed by atoms with E-state index < -0.39 is 17.0 Å². The van der Waals surface area contributed by atoms with Gasteiger partial charge in [0.05, 0.1) is 0 Å². The highest BCUT2D eigenvalue weighted by atomic mass is 19.1. The molecule has 0 aromatic heterocycles. The summed E-state index contributed by atoms with van der Waals surface area (Å²) in [5, 5.41) is 9.86. The fourth-order valence-corrected chi connectivity index (χ4v) is 2.99. The Hall–Kier alpha value is -1.52. The minimum absolute atomic E-state index is 0.0646. The zero-order valence-corrected chi connectivity index (χ0v) is 16.5. The van der Waals surface area contributed by atoms with E-state index in [0.717, 1.165) is 19.6 Å². The maximum absolute atomic E-state index is 14.0. The molecule has 1 aromatic rings. The number of hydrogen-bond acceptors (Lipinski definition) is 2. The van der Waals surface area contributed by atoms with Crippen LogP contribution in [0, 0.1) is 23.0 Å². The van der Waals surface area contributed by atoms with Crippen molar-refractivity contribution in [3.05, 3.63) is 59.7 Å². The molecule has 0 amide bonds. The number of nitrogens with zero attached hydrogens (tertiary/aromatic N) is 1. The molecule has 26 heavy (non-hydrogen) atoms. The van der Waals surface area contributed by atoms with Gasteiger partial charge in [-0.1, -0.05) is 51.1 Å². The van der Waals surface area contributed by atoms with Gasteiger partial charge in [-0.3, -0.25) is 0 Å². The molecule has 0 radical (unpaired) electrons. The summed E-state index contributed by atoms with van der Waals surface area (Å²) >= 11 is 0. The average Bonchev–Trinajstić information content (AvgIpc) is 2.62. The van der Waals surface area contributed by atoms with Gasteiger partial charge in [0.15, 0.2) is 0 Å². The summed E-state index contributed by atoms with van der Waals surface area (Å²) in [4.78, 5) is 2.32. The molecule has 0 aliphatic rings. The first-order valence-electron chi connectivity index (χ1n) is 9.40. The van der Waals surface area contributed by atoms with Crippen molar-refractivity contribution in [1.29, 1.82) is 0 Å². The Morgan fingerprint density at radius 1 is 1.23 bits per heavy atom. The molecule has 0 saturated heterocycles. The van der Waals surface area contributed by atoms with E-state index in [-0.39, 0.29) is 18.6 Å². The van der Waals surface area contributed by atoms with Crippen LogP contribution in [0.1, 0.15) is 39.7 Å². The number of allylic oxidation sites excluding steroid dienone is 3. The van der Waals surface area contributed by atoms with Crippen molar-refractivity contribution in [2.75, 3.05) is 26.2 Å². The van der Waals surface area contributed by atoms with Crippen LogP contribution in [0.5, 0.6) is 0 Å². The SMILES string of the molecule is C/C=C\C=C/C(C)CN(CC)CCC(C)(CO)Cc1c(F)cccc1F. The number of aliphatic hydroxyl groups excluding tert-OH is 1. The van der Waals surface area contributed by atoms with E-state index in [9.17, 15) is 13.9 Å². The van der Waals surface area contributed by atoms with Crippen LogP contribution in [0.4, 0.5) is 8.78 Å². The summed E-state index contributed by atoms with van der Waals surface area (Å²) in [6.45, 7) is 10.7. The molecule has 1 aromatic carbocycles. The molecular formula is C22H33F2NO. The van der Waals surface area contributed by atoms with Crippen LogP contribution in [0.3, 0.4) is 0 Å². The average molecular weight is 366 g/mol. The topological polar surface area (TPSA) is 23.5 Å². The van der Waals surface area contributed by atoms with Gasteiger partial charge in [0.25, 0.3) is 0 Å². The lowest BCUT2D eigenvalue weighted by Gasteiger charge is -2.31. The van der Waals surface area contributed by atoms with Crippen molar-refractivity contribution in [3.8, 4) is 0 Å². The molecule has 0 aliphatic heterocycles. The van der Waals surface area contributed by atoms with Crippen molar-refractivity contribution in [2.24, 2.45) is 11.3 Å². The number of halogens is 2. The number of hydrogen-bond donors (Lipinski definition) is 1. The lowest BCUT2D eigenvalue weighted by Crippen LogP contribution is -2.35. The van der Waals surface area contributed by atoms with E-state index >= 15 is 0 Å². The smallest absolute Gasteiger partial charge is 0.129 e. The maximum Gasteiger partial charge on any atom is 0.129 e. The van der Waals surface area contributed by atoms with Crippen LogP contribution in [0.25, 0.3) is 0 Å². The van der Waals surface area contributed by atoms with Crippen molar-refractivity contribution >= 4 is 0 Å². The second kappa shape index (κ2) is 11.2. The second-order valence-electron chi connectivity index (χ2n) is 7.38.